The van der Waals surface area contributed by atoms with Gasteiger partial charge in [-0.3, -0.25) is 9.59 Å². The predicted octanol–water partition coefficient (Wildman–Crippen LogP) is 4.08. The first-order valence-corrected chi connectivity index (χ1v) is 6.77. The molecule has 2 aromatic rings. The lowest BCUT2D eigenvalue weighted by Crippen LogP contribution is -2.14. The molecule has 5 heteroatoms. The summed E-state index contributed by atoms with van der Waals surface area (Å²) in [6.07, 6.45) is 0.0533. The van der Waals surface area contributed by atoms with Gasteiger partial charge in [0.25, 0.3) is 0 Å². The van der Waals surface area contributed by atoms with Crippen LogP contribution in [-0.2, 0) is 4.79 Å². The Kier molecular flexibility index (Phi) is 5.06. The Morgan fingerprint density at radius 3 is 2.33 bits per heavy atom. The Balaban J connectivity index is 1.88. The van der Waals surface area contributed by atoms with Gasteiger partial charge in [0.15, 0.2) is 5.78 Å². The molecule has 108 valence electrons. The molecule has 2 rings (SSSR count). The lowest BCUT2D eigenvalue weighted by Gasteiger charge is -2.06. The monoisotopic (exact) mass is 305 g/mol. The third-order valence-corrected chi connectivity index (χ3v) is 3.15. The third-order valence-electron chi connectivity index (χ3n) is 2.89. The second-order valence-electron chi connectivity index (χ2n) is 4.46. The Morgan fingerprint density at radius 2 is 1.67 bits per heavy atom. The van der Waals surface area contributed by atoms with E-state index in [1.165, 1.54) is 18.2 Å². The molecule has 0 aromatic heterocycles. The number of Topliss-reactive ketones (excluding diaryl/α,β-unsaturated/α-hetero) is 1. The molecule has 0 heterocycles. The summed E-state index contributed by atoms with van der Waals surface area (Å²) in [6.45, 7) is 0. The molecule has 0 spiro atoms. The zero-order chi connectivity index (χ0) is 15.2. The number of ketones is 1. The number of anilines is 1. The van der Waals surface area contributed by atoms with Gasteiger partial charge in [0, 0.05) is 23.4 Å². The lowest BCUT2D eigenvalue weighted by atomic mass is 10.1. The van der Waals surface area contributed by atoms with Crippen LogP contribution < -0.4 is 5.32 Å². The molecule has 0 aliphatic rings. The Labute approximate surface area is 126 Å². The van der Waals surface area contributed by atoms with Gasteiger partial charge in [0.2, 0.25) is 5.91 Å². The van der Waals surface area contributed by atoms with Crippen molar-refractivity contribution in [1.29, 1.82) is 0 Å². The van der Waals surface area contributed by atoms with Crippen molar-refractivity contribution in [3.63, 3.8) is 0 Å². The highest BCUT2D eigenvalue weighted by Crippen LogP contribution is 2.14. The molecule has 0 atom stereocenters. The number of carbonyl (C=O) groups excluding carboxylic acids is 2. The highest BCUT2D eigenvalue weighted by molar-refractivity contribution is 6.30. The molecule has 0 radical (unpaired) electrons. The van der Waals surface area contributed by atoms with E-state index in [4.69, 9.17) is 11.6 Å². The van der Waals surface area contributed by atoms with Gasteiger partial charge in [-0.05, 0) is 36.4 Å². The normalized spacial score (nSPS) is 10.2. The van der Waals surface area contributed by atoms with Gasteiger partial charge in [-0.25, -0.2) is 4.39 Å². The maximum absolute atomic E-state index is 13.4. The summed E-state index contributed by atoms with van der Waals surface area (Å²) in [6, 6.07) is 12.3. The molecule has 1 amide bonds. The molecule has 0 aliphatic carbocycles. The number of nitrogens with one attached hydrogen (secondary N) is 1. The molecule has 21 heavy (non-hydrogen) atoms. The number of carbonyl (C=O) groups is 2. The van der Waals surface area contributed by atoms with Gasteiger partial charge in [0.05, 0.1) is 5.69 Å². The van der Waals surface area contributed by atoms with E-state index >= 15 is 0 Å². The summed E-state index contributed by atoms with van der Waals surface area (Å²) in [4.78, 5) is 23.6. The number of halogens is 2. The highest BCUT2D eigenvalue weighted by Gasteiger charge is 2.10. The average Bonchev–Trinajstić information content (AvgIpc) is 2.48. The minimum atomic E-state index is -0.505. The third kappa shape index (κ3) is 4.39. The van der Waals surface area contributed by atoms with Gasteiger partial charge in [-0.15, -0.1) is 0 Å². The van der Waals surface area contributed by atoms with Crippen molar-refractivity contribution in [3.8, 4) is 0 Å². The number of hydrogen-bond acceptors (Lipinski definition) is 2. The first-order chi connectivity index (χ1) is 10.1. The maximum Gasteiger partial charge on any atom is 0.224 e. The van der Waals surface area contributed by atoms with Gasteiger partial charge in [-0.1, -0.05) is 23.7 Å². The van der Waals surface area contributed by atoms with Crippen LogP contribution in [0, 0.1) is 5.82 Å². The fourth-order valence-electron chi connectivity index (χ4n) is 1.78. The molecule has 0 fully saturated rings. The lowest BCUT2D eigenvalue weighted by molar-refractivity contribution is -0.116. The first kappa shape index (κ1) is 15.2. The second-order valence-corrected chi connectivity index (χ2v) is 4.89. The van der Waals surface area contributed by atoms with Gasteiger partial charge >= 0.3 is 0 Å². The van der Waals surface area contributed by atoms with Crippen LogP contribution in [0.4, 0.5) is 10.1 Å². The summed E-state index contributed by atoms with van der Waals surface area (Å²) in [5.41, 5.74) is 0.611. The molecular formula is C16H13ClFNO2. The largest absolute Gasteiger partial charge is 0.324 e. The molecule has 1 N–H and O–H groups in total. The van der Waals surface area contributed by atoms with Crippen LogP contribution in [0.1, 0.15) is 23.2 Å². The van der Waals surface area contributed by atoms with Crippen LogP contribution in [-0.4, -0.2) is 11.7 Å². The Morgan fingerprint density at radius 1 is 1.00 bits per heavy atom. The standard InChI is InChI=1S/C16H13ClFNO2/c17-12-7-5-11(6-8-12)15(20)9-10-16(21)19-14-4-2-1-3-13(14)18/h1-8H,9-10H2,(H,19,21). The van der Waals surface area contributed by atoms with Gasteiger partial charge in [0.1, 0.15) is 5.82 Å². The maximum atomic E-state index is 13.4. The number of hydrogen-bond donors (Lipinski definition) is 1. The zero-order valence-electron chi connectivity index (χ0n) is 11.1. The van der Waals surface area contributed by atoms with E-state index in [1.54, 1.807) is 30.3 Å². The van der Waals surface area contributed by atoms with E-state index in [9.17, 15) is 14.0 Å². The SMILES string of the molecule is O=C(CCC(=O)c1ccc(Cl)cc1)Nc1ccccc1F. The summed E-state index contributed by atoms with van der Waals surface area (Å²) in [5, 5.41) is 2.98. The summed E-state index contributed by atoms with van der Waals surface area (Å²) < 4.78 is 13.4. The number of amides is 1. The smallest absolute Gasteiger partial charge is 0.224 e. The van der Waals surface area contributed by atoms with Crippen LogP contribution in [0.25, 0.3) is 0 Å². The quantitative estimate of drug-likeness (QED) is 0.846. The van der Waals surface area contributed by atoms with Crippen molar-refractivity contribution < 1.29 is 14.0 Å². The van der Waals surface area contributed by atoms with E-state index in [2.05, 4.69) is 5.32 Å². The molecule has 0 saturated heterocycles. The fraction of sp³-hybridized carbons (Fsp3) is 0.125. The van der Waals surface area contributed by atoms with Crippen LogP contribution in [0.3, 0.4) is 0 Å². The second kappa shape index (κ2) is 6.99. The number of rotatable bonds is 5. The molecule has 0 saturated carbocycles. The molecule has 3 nitrogen and oxygen atoms in total. The molecular weight excluding hydrogens is 293 g/mol. The van der Waals surface area contributed by atoms with Crippen molar-refractivity contribution in [2.75, 3.05) is 5.32 Å². The van der Waals surface area contributed by atoms with E-state index < -0.39 is 11.7 Å². The van der Waals surface area contributed by atoms with Crippen molar-refractivity contribution in [2.24, 2.45) is 0 Å². The van der Waals surface area contributed by atoms with Gasteiger partial charge < -0.3 is 5.32 Å². The summed E-state index contributed by atoms with van der Waals surface area (Å²) >= 11 is 5.74. The Bertz CT molecular complexity index is 656. The zero-order valence-corrected chi connectivity index (χ0v) is 11.9. The highest BCUT2D eigenvalue weighted by atomic mass is 35.5. The minimum Gasteiger partial charge on any atom is -0.324 e. The van der Waals surface area contributed by atoms with Crippen molar-refractivity contribution >= 4 is 29.0 Å². The molecule has 0 bridgehead atoms. The van der Waals surface area contributed by atoms with Crippen LogP contribution >= 0.6 is 11.6 Å². The Hall–Kier alpha value is -2.20. The minimum absolute atomic E-state index is 0.00417. The topological polar surface area (TPSA) is 46.2 Å². The van der Waals surface area contributed by atoms with Crippen molar-refractivity contribution in [1.82, 2.24) is 0 Å². The fourth-order valence-corrected chi connectivity index (χ4v) is 1.91. The molecule has 0 aliphatic heterocycles. The number of benzene rings is 2. The van der Waals surface area contributed by atoms with Gasteiger partial charge in [-0.2, -0.15) is 0 Å². The van der Waals surface area contributed by atoms with Crippen LogP contribution in [0.5, 0.6) is 0 Å². The van der Waals surface area contributed by atoms with Crippen molar-refractivity contribution in [3.05, 3.63) is 64.9 Å². The first-order valence-electron chi connectivity index (χ1n) is 6.39. The number of para-hydroxylation sites is 1. The van der Waals surface area contributed by atoms with E-state index in [1.807, 2.05) is 0 Å². The predicted molar refractivity (Wildman–Crippen MR) is 80.0 cm³/mol. The van der Waals surface area contributed by atoms with E-state index in [-0.39, 0.29) is 24.3 Å². The van der Waals surface area contributed by atoms with Crippen LogP contribution in [0.15, 0.2) is 48.5 Å². The molecule has 2 aromatic carbocycles. The van der Waals surface area contributed by atoms with E-state index in [0.29, 0.717) is 10.6 Å². The summed E-state index contributed by atoms with van der Waals surface area (Å²) in [7, 11) is 0. The van der Waals surface area contributed by atoms with Crippen molar-refractivity contribution in [2.45, 2.75) is 12.8 Å². The summed E-state index contributed by atoms with van der Waals surface area (Å²) in [5.74, 6) is -1.06. The van der Waals surface area contributed by atoms with Crippen LogP contribution in [0.2, 0.25) is 5.02 Å². The average molecular weight is 306 g/mol. The van der Waals surface area contributed by atoms with E-state index in [0.717, 1.165) is 0 Å². The molecule has 0 unspecified atom stereocenters.